The van der Waals surface area contributed by atoms with Crippen LogP contribution in [0.4, 0.5) is 0 Å². The van der Waals surface area contributed by atoms with E-state index in [1.54, 1.807) is 0 Å². The largest absolute Gasteiger partial charge is 0.618 e. The van der Waals surface area contributed by atoms with Crippen LogP contribution < -0.4 is 0 Å². The van der Waals surface area contributed by atoms with Crippen molar-refractivity contribution in [2.24, 2.45) is 9.98 Å². The van der Waals surface area contributed by atoms with Gasteiger partial charge in [0.2, 0.25) is 22.8 Å². The average Bonchev–Trinajstić information content (AvgIpc) is 3.98. The quantitative estimate of drug-likeness (QED) is 0.121. The summed E-state index contributed by atoms with van der Waals surface area (Å²) < 4.78 is 1.99. The molecule has 0 saturated carbocycles. The molecule has 5 aliphatic heterocycles. The van der Waals surface area contributed by atoms with Crippen molar-refractivity contribution in [3.63, 3.8) is 0 Å². The Morgan fingerprint density at radius 1 is 0.353 bits per heavy atom. The summed E-state index contributed by atoms with van der Waals surface area (Å²) >= 11 is 0. The Hall–Kier alpha value is -6.30. The van der Waals surface area contributed by atoms with Crippen LogP contribution in [0, 0.1) is 10.4 Å². The number of benzene rings is 4. The van der Waals surface area contributed by atoms with E-state index in [-0.39, 0.29) is 19.5 Å². The molecule has 9 rings (SSSR count). The molecule has 4 aromatic rings. The minimum absolute atomic E-state index is 0. The summed E-state index contributed by atoms with van der Waals surface area (Å²) in [6.07, 6.45) is 15.2. The van der Waals surface area contributed by atoms with E-state index in [9.17, 15) is 10.4 Å². The summed E-state index contributed by atoms with van der Waals surface area (Å²) in [4.78, 5) is 10.3. The van der Waals surface area contributed by atoms with Crippen molar-refractivity contribution in [3.05, 3.63) is 225 Å². The van der Waals surface area contributed by atoms with Crippen LogP contribution in [0.2, 0.25) is 0 Å². The molecule has 6 nitrogen and oxygen atoms in total. The zero-order valence-corrected chi connectivity index (χ0v) is 30.4. The van der Waals surface area contributed by atoms with Gasteiger partial charge in [0.05, 0.1) is 45.1 Å². The van der Waals surface area contributed by atoms with Crippen LogP contribution in [0.3, 0.4) is 0 Å². The fourth-order valence-corrected chi connectivity index (χ4v) is 6.99. The third kappa shape index (κ3) is 5.49. The topological polar surface area (TPSA) is 76.9 Å². The number of fused-ring (bicyclic) bond motifs is 4. The Bertz CT molecular complexity index is 2240. The Morgan fingerprint density at radius 3 is 1.00 bits per heavy atom. The molecule has 4 aromatic carbocycles. The van der Waals surface area contributed by atoms with Gasteiger partial charge in [-0.25, -0.2) is 9.98 Å². The number of rotatable bonds is 4. The van der Waals surface area contributed by atoms with Gasteiger partial charge in [0, 0.05) is 43.8 Å². The van der Waals surface area contributed by atoms with Crippen LogP contribution in [0.15, 0.2) is 203 Å². The van der Waals surface area contributed by atoms with E-state index in [0.29, 0.717) is 67.9 Å². The molecule has 0 spiro atoms. The maximum Gasteiger partial charge on any atom is 0.227 e. The molecule has 238 valence electrons. The minimum Gasteiger partial charge on any atom is -0.618 e. The first kappa shape index (κ1) is 31.9. The van der Waals surface area contributed by atoms with Gasteiger partial charge in [0.1, 0.15) is 0 Å². The molecule has 0 atom stereocenters. The fourth-order valence-electron chi connectivity index (χ4n) is 6.99. The van der Waals surface area contributed by atoms with Gasteiger partial charge >= 0.3 is 0 Å². The second kappa shape index (κ2) is 13.2. The Balaban J connectivity index is 0.00000374. The standard InChI is InChI=1S/C44H28N4O2.Zn/c49-47-37-25-26-38(47)43(31-17-9-3-10-18-31)35-23-24-36(46-35)44(32-19-11-4-12-20-32)40-28-27-39(48(40)50)42(30-15-7-2-8-16-30)34-22-21-33(45-34)41(37)29-13-5-1-6-14-29;/h1-28H;. The Morgan fingerprint density at radius 2 is 0.667 bits per heavy atom. The number of allylic oxidation sites excluding steroid dienone is 12. The van der Waals surface area contributed by atoms with E-state index in [2.05, 4.69) is 0 Å². The molecule has 5 aliphatic rings. The molecule has 0 aliphatic carbocycles. The molecule has 0 radical (unpaired) electrons. The van der Waals surface area contributed by atoms with Crippen molar-refractivity contribution in [3.8, 4) is 0 Å². The average molecular weight is 710 g/mol. The molecule has 0 N–H and O–H groups in total. The zero-order chi connectivity index (χ0) is 33.6. The number of hydrogen-bond donors (Lipinski definition) is 0. The van der Waals surface area contributed by atoms with Gasteiger partial charge in [-0.15, -0.1) is 0 Å². The normalized spacial score (nSPS) is 17.6. The van der Waals surface area contributed by atoms with Crippen molar-refractivity contribution in [1.29, 1.82) is 0 Å². The summed E-state index contributed by atoms with van der Waals surface area (Å²) in [5.41, 5.74) is 10.6. The maximum absolute atomic E-state index is 14.6. The molecule has 0 aromatic heterocycles. The van der Waals surface area contributed by atoms with Gasteiger partial charge in [-0.3, -0.25) is 0 Å². The smallest absolute Gasteiger partial charge is 0.227 e. The Kier molecular flexibility index (Phi) is 8.27. The van der Waals surface area contributed by atoms with E-state index in [4.69, 9.17) is 9.98 Å². The predicted octanol–water partition coefficient (Wildman–Crippen LogP) is 8.71. The second-order valence-corrected chi connectivity index (χ2v) is 12.2. The molecular weight excluding hydrogens is 682 g/mol. The van der Waals surface area contributed by atoms with Crippen LogP contribution in [0.1, 0.15) is 22.3 Å². The van der Waals surface area contributed by atoms with Crippen molar-refractivity contribution < 1.29 is 29.0 Å². The molecule has 0 unspecified atom stereocenters. The van der Waals surface area contributed by atoms with Crippen LogP contribution >= 0.6 is 0 Å². The number of hydrogen-bond acceptors (Lipinski definition) is 4. The van der Waals surface area contributed by atoms with Gasteiger partial charge in [0.25, 0.3) is 0 Å². The van der Waals surface area contributed by atoms with Crippen LogP contribution in [-0.2, 0) is 19.5 Å². The third-order valence-electron chi connectivity index (χ3n) is 9.25. The molecule has 51 heavy (non-hydrogen) atoms. The fraction of sp³-hybridized carbons (Fsp3) is 0. The van der Waals surface area contributed by atoms with Crippen LogP contribution in [0.5, 0.6) is 0 Å². The van der Waals surface area contributed by atoms with Gasteiger partial charge in [-0.05, 0) is 46.6 Å². The van der Waals surface area contributed by atoms with Crippen LogP contribution in [-0.4, -0.2) is 32.3 Å². The minimum atomic E-state index is 0. The molecule has 5 heterocycles. The SMILES string of the molecule is [O-][N+]1=C2C=CC1=C(c1ccccc1)C1=NC(=C(c3ccccc3)C3=[N+]([O-])C(=C(c4ccccc4)C4=NC(=C2c2ccccc2)C=C4)C=C3)C=C1.[Zn]. The summed E-state index contributed by atoms with van der Waals surface area (Å²) in [5, 5.41) is 29.3. The molecule has 7 heteroatoms. The molecule has 0 fully saturated rings. The van der Waals surface area contributed by atoms with Crippen molar-refractivity contribution in [2.75, 3.05) is 0 Å². The van der Waals surface area contributed by atoms with Gasteiger partial charge in [-0.2, -0.15) is 9.48 Å². The summed E-state index contributed by atoms with van der Waals surface area (Å²) in [7, 11) is 0. The number of nitrogens with zero attached hydrogens (tertiary/aromatic N) is 4. The third-order valence-corrected chi connectivity index (χ3v) is 9.25. The van der Waals surface area contributed by atoms with E-state index in [1.165, 1.54) is 0 Å². The first-order valence-corrected chi connectivity index (χ1v) is 16.4. The van der Waals surface area contributed by atoms with E-state index < -0.39 is 0 Å². The van der Waals surface area contributed by atoms with Gasteiger partial charge in [-0.1, -0.05) is 121 Å². The predicted molar refractivity (Wildman–Crippen MR) is 202 cm³/mol. The molecule has 0 amide bonds. The van der Waals surface area contributed by atoms with Gasteiger partial charge < -0.3 is 10.4 Å². The van der Waals surface area contributed by atoms with Gasteiger partial charge in [0.15, 0.2) is 0 Å². The second-order valence-electron chi connectivity index (χ2n) is 12.2. The van der Waals surface area contributed by atoms with E-state index >= 15 is 0 Å². The first-order chi connectivity index (χ1) is 24.7. The van der Waals surface area contributed by atoms with E-state index in [1.807, 2.05) is 170 Å². The van der Waals surface area contributed by atoms with Crippen LogP contribution in [0.25, 0.3) is 22.3 Å². The van der Waals surface area contributed by atoms with Crippen molar-refractivity contribution in [1.82, 2.24) is 0 Å². The maximum atomic E-state index is 14.6. The molecule has 8 bridgehead atoms. The summed E-state index contributed by atoms with van der Waals surface area (Å²) in [6, 6.07) is 39.3. The van der Waals surface area contributed by atoms with Crippen molar-refractivity contribution in [2.45, 2.75) is 0 Å². The number of aliphatic imine (C=N–C) groups is 2. The molecular formula is C44H28N4O2Zn. The number of hydroxylamine groups is 2. The van der Waals surface area contributed by atoms with Crippen molar-refractivity contribution >= 4 is 45.1 Å². The molecule has 0 saturated heterocycles. The summed E-state index contributed by atoms with van der Waals surface area (Å²) in [6.45, 7) is 0. The summed E-state index contributed by atoms with van der Waals surface area (Å²) in [5.74, 6) is 0. The monoisotopic (exact) mass is 708 g/mol. The first-order valence-electron chi connectivity index (χ1n) is 16.4. The zero-order valence-electron chi connectivity index (χ0n) is 27.5. The van der Waals surface area contributed by atoms with E-state index in [0.717, 1.165) is 31.7 Å². The Labute approximate surface area is 308 Å².